The molecule has 1 fully saturated rings. The Morgan fingerprint density at radius 1 is 1.10 bits per heavy atom. The molecule has 0 bridgehead atoms. The van der Waals surface area contributed by atoms with Gasteiger partial charge in [0.2, 0.25) is 23.6 Å². The lowest BCUT2D eigenvalue weighted by Crippen LogP contribution is -2.40. The summed E-state index contributed by atoms with van der Waals surface area (Å²) in [5.41, 5.74) is -0.574. The largest absolute Gasteiger partial charge is 0.334 e. The van der Waals surface area contributed by atoms with Crippen LogP contribution in [0.5, 0.6) is 0 Å². The molecule has 1 aromatic carbocycles. The van der Waals surface area contributed by atoms with E-state index in [1.165, 1.54) is 11.0 Å². The van der Waals surface area contributed by atoms with Crippen LogP contribution in [0.15, 0.2) is 30.4 Å². The minimum absolute atomic E-state index is 0.0520. The first-order chi connectivity index (χ1) is 14.3. The summed E-state index contributed by atoms with van der Waals surface area (Å²) in [4.78, 5) is 51.9. The molecule has 160 valence electrons. The molecular weight excluding hydrogens is 396 g/mol. The first-order valence-corrected chi connectivity index (χ1v) is 9.85. The minimum Gasteiger partial charge on any atom is -0.334 e. The number of amides is 4. The van der Waals surface area contributed by atoms with Crippen LogP contribution < -0.4 is 5.32 Å². The van der Waals surface area contributed by atoms with Crippen LogP contribution in [0, 0.1) is 23.5 Å². The van der Waals surface area contributed by atoms with E-state index in [1.807, 2.05) is 12.2 Å². The van der Waals surface area contributed by atoms with Gasteiger partial charge in [-0.2, -0.15) is 0 Å². The van der Waals surface area contributed by atoms with Crippen LogP contribution in [0.2, 0.25) is 0 Å². The summed E-state index contributed by atoms with van der Waals surface area (Å²) >= 11 is 0. The number of benzene rings is 1. The normalized spacial score (nSPS) is 20.3. The van der Waals surface area contributed by atoms with E-state index in [4.69, 9.17) is 0 Å². The van der Waals surface area contributed by atoms with Crippen molar-refractivity contribution in [2.75, 3.05) is 25.0 Å². The average Bonchev–Trinajstić information content (AvgIpc) is 2.97. The Morgan fingerprint density at radius 3 is 2.20 bits per heavy atom. The highest BCUT2D eigenvalue weighted by molar-refractivity contribution is 6.05. The Balaban J connectivity index is 1.55. The highest BCUT2D eigenvalue weighted by Gasteiger charge is 2.47. The van der Waals surface area contributed by atoms with Gasteiger partial charge in [0.25, 0.3) is 0 Å². The molecule has 2 aliphatic rings. The number of halogens is 2. The third kappa shape index (κ3) is 4.39. The van der Waals surface area contributed by atoms with Crippen LogP contribution in [0.1, 0.15) is 26.2 Å². The average molecular weight is 419 g/mol. The number of hydrogen-bond donors (Lipinski definition) is 1. The van der Waals surface area contributed by atoms with Crippen LogP contribution in [-0.4, -0.2) is 53.1 Å². The second-order valence-corrected chi connectivity index (χ2v) is 7.29. The lowest BCUT2D eigenvalue weighted by Gasteiger charge is -2.22. The zero-order valence-electron chi connectivity index (χ0n) is 16.6. The van der Waals surface area contributed by atoms with Crippen molar-refractivity contribution >= 4 is 29.3 Å². The zero-order chi connectivity index (χ0) is 21.8. The van der Waals surface area contributed by atoms with Gasteiger partial charge < -0.3 is 10.2 Å². The van der Waals surface area contributed by atoms with Gasteiger partial charge in [-0.05, 0) is 31.9 Å². The second-order valence-electron chi connectivity index (χ2n) is 7.29. The number of imide groups is 1. The van der Waals surface area contributed by atoms with Gasteiger partial charge in [0.1, 0.15) is 17.3 Å². The molecule has 3 rings (SSSR count). The molecular formula is C21H23F2N3O4. The van der Waals surface area contributed by atoms with Gasteiger partial charge in [0, 0.05) is 19.5 Å². The van der Waals surface area contributed by atoms with Crippen molar-refractivity contribution in [1.29, 1.82) is 0 Å². The molecule has 0 unspecified atom stereocenters. The number of rotatable bonds is 7. The van der Waals surface area contributed by atoms with Gasteiger partial charge in [-0.3, -0.25) is 24.1 Å². The van der Waals surface area contributed by atoms with Crippen LogP contribution in [0.3, 0.4) is 0 Å². The number of carbonyl (C=O) groups excluding carboxylic acids is 4. The highest BCUT2D eigenvalue weighted by Crippen LogP contribution is 2.35. The zero-order valence-corrected chi connectivity index (χ0v) is 16.6. The van der Waals surface area contributed by atoms with Crippen molar-refractivity contribution in [2.45, 2.75) is 26.2 Å². The first-order valence-electron chi connectivity index (χ1n) is 9.85. The number of likely N-dealkylation sites (tertiary alicyclic amines) is 1. The molecule has 0 spiro atoms. The molecule has 0 saturated carbocycles. The van der Waals surface area contributed by atoms with Crippen molar-refractivity contribution in [3.05, 3.63) is 42.0 Å². The van der Waals surface area contributed by atoms with Crippen LogP contribution in [-0.2, 0) is 19.2 Å². The number of fused-ring (bicyclic) bond motifs is 1. The number of hydrogen-bond acceptors (Lipinski definition) is 4. The van der Waals surface area contributed by atoms with Crippen molar-refractivity contribution in [3.8, 4) is 0 Å². The lowest BCUT2D eigenvalue weighted by atomic mass is 9.85. The number of para-hydroxylation sites is 1. The number of nitrogens with one attached hydrogen (secondary N) is 1. The van der Waals surface area contributed by atoms with Crippen LogP contribution >= 0.6 is 0 Å². The van der Waals surface area contributed by atoms with E-state index in [9.17, 15) is 28.0 Å². The van der Waals surface area contributed by atoms with E-state index in [1.54, 1.807) is 6.92 Å². The Kier molecular flexibility index (Phi) is 6.59. The Hall–Kier alpha value is -3.10. The van der Waals surface area contributed by atoms with Gasteiger partial charge in [-0.1, -0.05) is 18.2 Å². The summed E-state index contributed by atoms with van der Waals surface area (Å²) in [6.45, 7) is 1.38. The van der Waals surface area contributed by atoms with E-state index in [0.29, 0.717) is 12.8 Å². The lowest BCUT2D eigenvalue weighted by molar-refractivity contribution is -0.141. The fourth-order valence-corrected chi connectivity index (χ4v) is 3.80. The first kappa shape index (κ1) is 21.6. The predicted molar refractivity (Wildman–Crippen MR) is 104 cm³/mol. The fourth-order valence-electron chi connectivity index (χ4n) is 3.80. The number of carbonyl (C=O) groups is 4. The van der Waals surface area contributed by atoms with Crippen molar-refractivity contribution in [3.63, 3.8) is 0 Å². The summed E-state index contributed by atoms with van der Waals surface area (Å²) in [7, 11) is 0. The molecule has 30 heavy (non-hydrogen) atoms. The molecule has 2 atom stereocenters. The minimum atomic E-state index is -0.917. The monoisotopic (exact) mass is 419 g/mol. The van der Waals surface area contributed by atoms with Gasteiger partial charge in [0.15, 0.2) is 0 Å². The van der Waals surface area contributed by atoms with Crippen molar-refractivity contribution in [1.82, 2.24) is 9.80 Å². The molecule has 9 heteroatoms. The summed E-state index contributed by atoms with van der Waals surface area (Å²) in [6, 6.07) is 3.20. The predicted octanol–water partition coefficient (Wildman–Crippen LogP) is 2.09. The van der Waals surface area contributed by atoms with Crippen molar-refractivity contribution in [2.24, 2.45) is 11.8 Å². The molecule has 0 aromatic heterocycles. The molecule has 1 aromatic rings. The standard InChI is InChI=1S/C21H23F2N3O4/c1-2-25(12-17(27)24-19-15(22)8-5-9-16(19)23)18(28)10-11-26-20(29)13-6-3-4-7-14(13)21(26)30/h3-5,8-9,13-14H,2,6-7,10-12H2,1H3,(H,24,27)/t13-,14-/m1/s1. The Bertz CT molecular complexity index is 856. The molecule has 1 aliphatic carbocycles. The molecule has 1 saturated heterocycles. The number of likely N-dealkylation sites (N-methyl/N-ethyl adjacent to an activating group) is 1. The molecule has 1 aliphatic heterocycles. The van der Waals surface area contributed by atoms with Crippen LogP contribution in [0.4, 0.5) is 14.5 Å². The topological polar surface area (TPSA) is 86.8 Å². The van der Waals surface area contributed by atoms with E-state index < -0.39 is 35.7 Å². The summed E-state index contributed by atoms with van der Waals surface area (Å²) in [6.07, 6.45) is 4.69. The molecule has 0 radical (unpaired) electrons. The Morgan fingerprint density at radius 2 is 1.67 bits per heavy atom. The summed E-state index contributed by atoms with van der Waals surface area (Å²) in [5, 5.41) is 2.13. The van der Waals surface area contributed by atoms with E-state index >= 15 is 0 Å². The molecule has 1 N–H and O–H groups in total. The number of nitrogens with zero attached hydrogens (tertiary/aromatic N) is 2. The maximum atomic E-state index is 13.7. The Labute approximate surface area is 172 Å². The maximum absolute atomic E-state index is 13.7. The fraction of sp³-hybridized carbons (Fsp3) is 0.429. The van der Waals surface area contributed by atoms with Crippen molar-refractivity contribution < 1.29 is 28.0 Å². The van der Waals surface area contributed by atoms with E-state index in [-0.39, 0.29) is 43.2 Å². The number of anilines is 1. The maximum Gasteiger partial charge on any atom is 0.244 e. The SMILES string of the molecule is CCN(CC(=O)Nc1c(F)cccc1F)C(=O)CCN1C(=O)[C@@H]2CC=CC[C@H]2C1=O. The van der Waals surface area contributed by atoms with E-state index in [2.05, 4.69) is 5.32 Å². The van der Waals surface area contributed by atoms with Gasteiger partial charge in [0.05, 0.1) is 18.4 Å². The third-order valence-electron chi connectivity index (χ3n) is 5.44. The molecule has 7 nitrogen and oxygen atoms in total. The van der Waals surface area contributed by atoms with Gasteiger partial charge in [-0.25, -0.2) is 8.78 Å². The smallest absolute Gasteiger partial charge is 0.244 e. The van der Waals surface area contributed by atoms with Gasteiger partial charge >= 0.3 is 0 Å². The van der Waals surface area contributed by atoms with Crippen LogP contribution in [0.25, 0.3) is 0 Å². The summed E-state index contributed by atoms with van der Waals surface area (Å²) < 4.78 is 27.3. The number of allylic oxidation sites excluding steroid dienone is 2. The second kappa shape index (κ2) is 9.15. The quantitative estimate of drug-likeness (QED) is 0.542. The third-order valence-corrected chi connectivity index (χ3v) is 5.44. The summed E-state index contributed by atoms with van der Waals surface area (Å²) in [5.74, 6) is -4.27. The molecule has 1 heterocycles. The highest BCUT2D eigenvalue weighted by atomic mass is 19.1. The van der Waals surface area contributed by atoms with Gasteiger partial charge in [-0.15, -0.1) is 0 Å². The van der Waals surface area contributed by atoms with E-state index in [0.717, 1.165) is 17.0 Å². The molecule has 4 amide bonds.